The van der Waals surface area contributed by atoms with Gasteiger partial charge in [-0.2, -0.15) is 5.10 Å². The summed E-state index contributed by atoms with van der Waals surface area (Å²) >= 11 is 0. The van der Waals surface area contributed by atoms with E-state index in [1.807, 2.05) is 12.1 Å². The fourth-order valence-electron chi connectivity index (χ4n) is 2.04. The van der Waals surface area contributed by atoms with Gasteiger partial charge in [-0.05, 0) is 42.5 Å². The standard InChI is InChI=1S/C17H17N3O4/c1-22-13-4-6-14(7-5-13)24-12-20-9-8-16(19-20)17(21)18-11-15-3-2-10-23-15/h2-10H,11-12H2,1H3,(H,18,21). The molecular weight excluding hydrogens is 310 g/mol. The van der Waals surface area contributed by atoms with E-state index in [1.54, 1.807) is 54.6 Å². The smallest absolute Gasteiger partial charge is 0.272 e. The van der Waals surface area contributed by atoms with Gasteiger partial charge in [0.15, 0.2) is 6.73 Å². The predicted octanol–water partition coefficient (Wildman–Crippen LogP) is 2.45. The number of rotatable bonds is 7. The van der Waals surface area contributed by atoms with Gasteiger partial charge in [-0.25, -0.2) is 4.68 Å². The predicted molar refractivity (Wildman–Crippen MR) is 85.7 cm³/mol. The Labute approximate surface area is 138 Å². The average Bonchev–Trinajstić information content (AvgIpc) is 3.30. The summed E-state index contributed by atoms with van der Waals surface area (Å²) in [5.74, 6) is 1.87. The van der Waals surface area contributed by atoms with Gasteiger partial charge in [0.2, 0.25) is 0 Å². The Bertz CT molecular complexity index is 779. The number of nitrogens with zero attached hydrogens (tertiary/aromatic N) is 2. The molecule has 24 heavy (non-hydrogen) atoms. The molecule has 0 spiro atoms. The Hall–Kier alpha value is -3.22. The van der Waals surface area contributed by atoms with Crippen molar-refractivity contribution < 1.29 is 18.7 Å². The SMILES string of the molecule is COc1ccc(OCn2ccc(C(=O)NCc3ccco3)n2)cc1. The minimum Gasteiger partial charge on any atom is -0.497 e. The van der Waals surface area contributed by atoms with E-state index < -0.39 is 0 Å². The van der Waals surface area contributed by atoms with E-state index in [9.17, 15) is 4.79 Å². The molecule has 0 atom stereocenters. The quantitative estimate of drug-likeness (QED) is 0.721. The highest BCUT2D eigenvalue weighted by Crippen LogP contribution is 2.17. The average molecular weight is 327 g/mol. The van der Waals surface area contributed by atoms with Gasteiger partial charge in [0.1, 0.15) is 23.0 Å². The van der Waals surface area contributed by atoms with Crippen molar-refractivity contribution >= 4 is 5.91 Å². The van der Waals surface area contributed by atoms with Crippen molar-refractivity contribution in [1.29, 1.82) is 0 Å². The lowest BCUT2D eigenvalue weighted by Gasteiger charge is -2.07. The first-order valence-electron chi connectivity index (χ1n) is 7.35. The molecule has 0 aliphatic heterocycles. The molecule has 0 bridgehead atoms. The van der Waals surface area contributed by atoms with Gasteiger partial charge in [0.25, 0.3) is 5.91 Å². The first-order chi connectivity index (χ1) is 11.7. The molecule has 0 aliphatic carbocycles. The Balaban J connectivity index is 1.51. The number of hydrogen-bond acceptors (Lipinski definition) is 5. The summed E-state index contributed by atoms with van der Waals surface area (Å²) in [7, 11) is 1.61. The second kappa shape index (κ2) is 7.36. The minimum absolute atomic E-state index is 0.206. The van der Waals surface area contributed by atoms with Crippen LogP contribution in [0.3, 0.4) is 0 Å². The number of carbonyl (C=O) groups excluding carboxylic acids is 1. The van der Waals surface area contributed by atoms with Gasteiger partial charge in [-0.15, -0.1) is 0 Å². The van der Waals surface area contributed by atoms with Crippen LogP contribution in [0.2, 0.25) is 0 Å². The summed E-state index contributed by atoms with van der Waals surface area (Å²) < 4.78 is 17.4. The molecule has 2 heterocycles. The van der Waals surface area contributed by atoms with Gasteiger partial charge in [-0.1, -0.05) is 0 Å². The van der Waals surface area contributed by atoms with Crippen molar-refractivity contribution in [2.45, 2.75) is 13.3 Å². The second-order valence-corrected chi connectivity index (χ2v) is 4.95. The molecule has 7 nitrogen and oxygen atoms in total. The summed E-state index contributed by atoms with van der Waals surface area (Å²) in [5.41, 5.74) is 0.319. The molecule has 0 unspecified atom stereocenters. The maximum Gasteiger partial charge on any atom is 0.272 e. The van der Waals surface area contributed by atoms with E-state index in [-0.39, 0.29) is 12.6 Å². The highest BCUT2D eigenvalue weighted by Gasteiger charge is 2.10. The van der Waals surface area contributed by atoms with Gasteiger partial charge >= 0.3 is 0 Å². The van der Waals surface area contributed by atoms with E-state index in [0.717, 1.165) is 5.75 Å². The normalized spacial score (nSPS) is 10.4. The monoisotopic (exact) mass is 327 g/mol. The van der Waals surface area contributed by atoms with Crippen LogP contribution in [0.4, 0.5) is 0 Å². The molecule has 0 aliphatic rings. The molecule has 1 aromatic carbocycles. The Morgan fingerprint density at radius 1 is 1.21 bits per heavy atom. The van der Waals surface area contributed by atoms with Crippen molar-refractivity contribution in [3.05, 3.63) is 66.4 Å². The third kappa shape index (κ3) is 3.95. The number of hydrogen-bond donors (Lipinski definition) is 1. The number of furan rings is 1. The summed E-state index contributed by atoms with van der Waals surface area (Å²) in [6.45, 7) is 0.527. The minimum atomic E-state index is -0.269. The van der Waals surface area contributed by atoms with Crippen molar-refractivity contribution in [2.75, 3.05) is 7.11 Å². The Kier molecular flexibility index (Phi) is 4.81. The topological polar surface area (TPSA) is 78.5 Å². The number of ether oxygens (including phenoxy) is 2. The molecule has 2 aromatic heterocycles. The number of aromatic nitrogens is 2. The van der Waals surface area contributed by atoms with Crippen LogP contribution in [0.1, 0.15) is 16.2 Å². The first-order valence-corrected chi connectivity index (χ1v) is 7.35. The molecule has 3 rings (SSSR count). The van der Waals surface area contributed by atoms with E-state index in [4.69, 9.17) is 13.9 Å². The second-order valence-electron chi connectivity index (χ2n) is 4.95. The van der Waals surface area contributed by atoms with E-state index in [0.29, 0.717) is 23.7 Å². The summed E-state index contributed by atoms with van der Waals surface area (Å²) in [6.07, 6.45) is 3.25. The van der Waals surface area contributed by atoms with Gasteiger partial charge in [0.05, 0.1) is 19.9 Å². The number of methoxy groups -OCH3 is 1. The largest absolute Gasteiger partial charge is 0.497 e. The van der Waals surface area contributed by atoms with Crippen molar-refractivity contribution in [2.24, 2.45) is 0 Å². The number of amides is 1. The lowest BCUT2D eigenvalue weighted by atomic mass is 10.3. The van der Waals surface area contributed by atoms with E-state index in [2.05, 4.69) is 10.4 Å². The van der Waals surface area contributed by atoms with Crippen LogP contribution in [0.25, 0.3) is 0 Å². The molecule has 0 saturated carbocycles. The molecule has 0 fully saturated rings. The van der Waals surface area contributed by atoms with Crippen LogP contribution in [0.5, 0.6) is 11.5 Å². The molecule has 1 N–H and O–H groups in total. The zero-order valence-electron chi connectivity index (χ0n) is 13.1. The fraction of sp³-hybridized carbons (Fsp3) is 0.176. The van der Waals surface area contributed by atoms with E-state index >= 15 is 0 Å². The van der Waals surface area contributed by atoms with Crippen LogP contribution < -0.4 is 14.8 Å². The molecule has 124 valence electrons. The van der Waals surface area contributed by atoms with Crippen LogP contribution in [-0.2, 0) is 13.3 Å². The molecular formula is C17H17N3O4. The maximum absolute atomic E-state index is 12.0. The Morgan fingerprint density at radius 2 is 2.00 bits per heavy atom. The van der Waals surface area contributed by atoms with Crippen LogP contribution in [0.15, 0.2) is 59.3 Å². The van der Waals surface area contributed by atoms with Crippen molar-refractivity contribution in [3.8, 4) is 11.5 Å². The van der Waals surface area contributed by atoms with E-state index in [1.165, 1.54) is 0 Å². The van der Waals surface area contributed by atoms with Gasteiger partial charge < -0.3 is 19.2 Å². The highest BCUT2D eigenvalue weighted by molar-refractivity contribution is 5.92. The third-order valence-electron chi connectivity index (χ3n) is 3.30. The van der Waals surface area contributed by atoms with Crippen molar-refractivity contribution in [1.82, 2.24) is 15.1 Å². The molecule has 7 heteroatoms. The zero-order valence-corrected chi connectivity index (χ0v) is 13.1. The number of nitrogens with one attached hydrogen (secondary N) is 1. The molecule has 0 radical (unpaired) electrons. The summed E-state index contributed by atoms with van der Waals surface area (Å²) in [5, 5.41) is 6.92. The first kappa shape index (κ1) is 15.7. The van der Waals surface area contributed by atoms with Crippen LogP contribution in [-0.4, -0.2) is 22.8 Å². The number of benzene rings is 1. The lowest BCUT2D eigenvalue weighted by molar-refractivity contribution is 0.0941. The molecule has 1 amide bonds. The number of carbonyl (C=O) groups is 1. The maximum atomic E-state index is 12.0. The van der Waals surface area contributed by atoms with Gasteiger partial charge in [0, 0.05) is 6.20 Å². The van der Waals surface area contributed by atoms with Crippen LogP contribution in [0, 0.1) is 0 Å². The fourth-order valence-corrected chi connectivity index (χ4v) is 2.04. The lowest BCUT2D eigenvalue weighted by Crippen LogP contribution is -2.23. The van der Waals surface area contributed by atoms with Crippen molar-refractivity contribution in [3.63, 3.8) is 0 Å². The molecule has 0 saturated heterocycles. The molecule has 3 aromatic rings. The van der Waals surface area contributed by atoms with Gasteiger partial charge in [-0.3, -0.25) is 4.79 Å². The summed E-state index contributed by atoms with van der Waals surface area (Å²) in [6, 6.07) is 12.4. The highest BCUT2D eigenvalue weighted by atomic mass is 16.5. The third-order valence-corrected chi connectivity index (χ3v) is 3.30. The zero-order chi connectivity index (χ0) is 16.8. The van der Waals surface area contributed by atoms with Crippen LogP contribution >= 0.6 is 0 Å². The Morgan fingerprint density at radius 3 is 2.71 bits per heavy atom. The summed E-state index contributed by atoms with van der Waals surface area (Å²) in [4.78, 5) is 12.0.